The van der Waals surface area contributed by atoms with Gasteiger partial charge in [-0.05, 0) is 44.4 Å². The lowest BCUT2D eigenvalue weighted by Crippen LogP contribution is -2.46. The Labute approximate surface area is 164 Å². The molecular formula is C17H23Cl2N5O2. The number of rotatable bonds is 3. The Morgan fingerprint density at radius 2 is 1.88 bits per heavy atom. The van der Waals surface area contributed by atoms with Gasteiger partial charge in [0.05, 0.1) is 6.04 Å². The molecular weight excluding hydrogens is 377 g/mol. The van der Waals surface area contributed by atoms with Crippen molar-refractivity contribution in [1.82, 2.24) is 25.3 Å². The summed E-state index contributed by atoms with van der Waals surface area (Å²) in [6.45, 7) is 2.47. The molecule has 0 spiro atoms. The van der Waals surface area contributed by atoms with Crippen LogP contribution in [0.25, 0.3) is 11.4 Å². The zero-order chi connectivity index (χ0) is 16.4. The van der Waals surface area contributed by atoms with E-state index in [0.717, 1.165) is 50.9 Å². The monoisotopic (exact) mass is 399 g/mol. The maximum absolute atomic E-state index is 12.4. The minimum atomic E-state index is 0. The highest BCUT2D eigenvalue weighted by molar-refractivity contribution is 5.85. The van der Waals surface area contributed by atoms with Crippen LogP contribution < -0.4 is 5.32 Å². The third-order valence-electron chi connectivity index (χ3n) is 4.89. The van der Waals surface area contributed by atoms with Crippen LogP contribution in [0, 0.1) is 0 Å². The normalized spacial score (nSPS) is 20.3. The number of aromatic nitrogens is 3. The van der Waals surface area contributed by atoms with E-state index in [1.165, 1.54) is 0 Å². The number of hydrogen-bond acceptors (Lipinski definition) is 6. The summed E-state index contributed by atoms with van der Waals surface area (Å²) in [6, 6.07) is 3.75. The van der Waals surface area contributed by atoms with Crippen LogP contribution in [0.4, 0.5) is 0 Å². The molecule has 0 saturated carbocycles. The molecule has 1 atom stereocenters. The Bertz CT molecular complexity index is 698. The van der Waals surface area contributed by atoms with Crippen molar-refractivity contribution in [2.75, 3.05) is 19.6 Å². The zero-order valence-corrected chi connectivity index (χ0v) is 16.0. The van der Waals surface area contributed by atoms with Crippen molar-refractivity contribution < 1.29 is 9.32 Å². The summed E-state index contributed by atoms with van der Waals surface area (Å²) in [5.74, 6) is 1.75. The predicted octanol–water partition coefficient (Wildman–Crippen LogP) is 2.43. The van der Waals surface area contributed by atoms with Gasteiger partial charge in [0.15, 0.2) is 0 Å². The molecule has 0 bridgehead atoms. The first-order valence-electron chi connectivity index (χ1n) is 8.57. The van der Waals surface area contributed by atoms with E-state index in [2.05, 4.69) is 20.4 Å². The SMILES string of the molecule is Cl.Cl.O=C([C@H]1CCCN1)N1CCC(c2nc(-c3ccncc3)no2)CC1. The van der Waals surface area contributed by atoms with Crippen molar-refractivity contribution >= 4 is 30.7 Å². The summed E-state index contributed by atoms with van der Waals surface area (Å²) >= 11 is 0. The molecule has 26 heavy (non-hydrogen) atoms. The standard InChI is InChI=1S/C17H21N5O2.2ClH/c23-17(14-2-1-7-19-14)22-10-5-13(6-11-22)16-20-15(21-24-16)12-3-8-18-9-4-12;;/h3-4,8-9,13-14,19H,1-2,5-7,10-11H2;2*1H/t14-;;/m1../s1. The van der Waals surface area contributed by atoms with E-state index < -0.39 is 0 Å². The maximum Gasteiger partial charge on any atom is 0.239 e. The number of pyridine rings is 1. The molecule has 142 valence electrons. The van der Waals surface area contributed by atoms with E-state index in [1.54, 1.807) is 12.4 Å². The summed E-state index contributed by atoms with van der Waals surface area (Å²) in [6.07, 6.45) is 7.22. The molecule has 1 N–H and O–H groups in total. The molecule has 0 aliphatic carbocycles. The molecule has 0 aromatic carbocycles. The van der Waals surface area contributed by atoms with Gasteiger partial charge in [-0.15, -0.1) is 24.8 Å². The number of carbonyl (C=O) groups excluding carboxylic acids is 1. The van der Waals surface area contributed by atoms with Gasteiger partial charge >= 0.3 is 0 Å². The van der Waals surface area contributed by atoms with E-state index in [9.17, 15) is 4.79 Å². The van der Waals surface area contributed by atoms with Gasteiger partial charge in [-0.3, -0.25) is 9.78 Å². The highest BCUT2D eigenvalue weighted by Gasteiger charge is 2.31. The summed E-state index contributed by atoms with van der Waals surface area (Å²) < 4.78 is 5.46. The first-order chi connectivity index (χ1) is 11.8. The molecule has 2 fully saturated rings. The van der Waals surface area contributed by atoms with Crippen LogP contribution in [-0.4, -0.2) is 51.6 Å². The molecule has 2 saturated heterocycles. The van der Waals surface area contributed by atoms with Gasteiger partial charge in [0.1, 0.15) is 0 Å². The fourth-order valence-electron chi connectivity index (χ4n) is 3.48. The van der Waals surface area contributed by atoms with Crippen LogP contribution in [0.1, 0.15) is 37.5 Å². The predicted molar refractivity (Wildman–Crippen MR) is 102 cm³/mol. The summed E-state index contributed by atoms with van der Waals surface area (Å²) in [7, 11) is 0. The highest BCUT2D eigenvalue weighted by Crippen LogP contribution is 2.29. The number of carbonyl (C=O) groups is 1. The van der Waals surface area contributed by atoms with Gasteiger partial charge in [-0.1, -0.05) is 5.16 Å². The number of nitrogens with one attached hydrogen (secondary N) is 1. The van der Waals surface area contributed by atoms with E-state index in [4.69, 9.17) is 4.52 Å². The highest BCUT2D eigenvalue weighted by atomic mass is 35.5. The number of amides is 1. The van der Waals surface area contributed by atoms with Gasteiger partial charge in [0, 0.05) is 37.0 Å². The van der Waals surface area contributed by atoms with E-state index in [0.29, 0.717) is 11.7 Å². The molecule has 7 nitrogen and oxygen atoms in total. The number of nitrogens with zero attached hydrogens (tertiary/aromatic N) is 4. The van der Waals surface area contributed by atoms with Gasteiger partial charge in [-0.25, -0.2) is 0 Å². The molecule has 2 aliphatic heterocycles. The smallest absolute Gasteiger partial charge is 0.239 e. The minimum absolute atomic E-state index is 0. The molecule has 4 heterocycles. The Balaban J connectivity index is 0.00000121. The molecule has 2 aliphatic rings. The lowest BCUT2D eigenvalue weighted by molar-refractivity contribution is -0.134. The van der Waals surface area contributed by atoms with Crippen LogP contribution in [0.3, 0.4) is 0 Å². The molecule has 9 heteroatoms. The van der Waals surface area contributed by atoms with Gasteiger partial charge < -0.3 is 14.7 Å². The largest absolute Gasteiger partial charge is 0.341 e. The second-order valence-electron chi connectivity index (χ2n) is 6.44. The fraction of sp³-hybridized carbons (Fsp3) is 0.529. The average molecular weight is 400 g/mol. The Kier molecular flexibility index (Phi) is 7.37. The lowest BCUT2D eigenvalue weighted by atomic mass is 9.96. The van der Waals surface area contributed by atoms with E-state index in [1.807, 2.05) is 17.0 Å². The maximum atomic E-state index is 12.4. The molecule has 0 radical (unpaired) electrons. The average Bonchev–Trinajstić information content (AvgIpc) is 3.34. The minimum Gasteiger partial charge on any atom is -0.341 e. The number of piperidine rings is 1. The van der Waals surface area contributed by atoms with Crippen molar-refractivity contribution in [3.63, 3.8) is 0 Å². The quantitative estimate of drug-likeness (QED) is 0.852. The summed E-state index contributed by atoms with van der Waals surface area (Å²) in [5.41, 5.74) is 0.903. The molecule has 1 amide bonds. The van der Waals surface area contributed by atoms with E-state index >= 15 is 0 Å². The van der Waals surface area contributed by atoms with Crippen molar-refractivity contribution in [2.24, 2.45) is 0 Å². The second kappa shape index (κ2) is 9.30. The number of likely N-dealkylation sites (tertiary alicyclic amines) is 1. The Morgan fingerprint density at radius 3 is 2.54 bits per heavy atom. The first kappa shape index (κ1) is 20.6. The van der Waals surface area contributed by atoms with Crippen LogP contribution in [0.15, 0.2) is 29.0 Å². The Morgan fingerprint density at radius 1 is 1.15 bits per heavy atom. The third-order valence-corrected chi connectivity index (χ3v) is 4.89. The van der Waals surface area contributed by atoms with E-state index in [-0.39, 0.29) is 42.7 Å². The number of halogens is 2. The van der Waals surface area contributed by atoms with Crippen molar-refractivity contribution in [1.29, 1.82) is 0 Å². The second-order valence-corrected chi connectivity index (χ2v) is 6.44. The van der Waals surface area contributed by atoms with Crippen LogP contribution in [0.2, 0.25) is 0 Å². The van der Waals surface area contributed by atoms with Gasteiger partial charge in [0.2, 0.25) is 17.6 Å². The first-order valence-corrected chi connectivity index (χ1v) is 8.57. The third kappa shape index (κ3) is 4.34. The molecule has 2 aromatic rings. The van der Waals surface area contributed by atoms with Crippen LogP contribution >= 0.6 is 24.8 Å². The van der Waals surface area contributed by atoms with Gasteiger partial charge in [-0.2, -0.15) is 4.98 Å². The number of hydrogen-bond donors (Lipinski definition) is 1. The van der Waals surface area contributed by atoms with Crippen LogP contribution in [0.5, 0.6) is 0 Å². The molecule has 4 rings (SSSR count). The fourth-order valence-corrected chi connectivity index (χ4v) is 3.48. The van der Waals surface area contributed by atoms with Crippen molar-refractivity contribution in [3.05, 3.63) is 30.4 Å². The van der Waals surface area contributed by atoms with Gasteiger partial charge in [0.25, 0.3) is 0 Å². The van der Waals surface area contributed by atoms with Crippen molar-refractivity contribution in [3.8, 4) is 11.4 Å². The summed E-state index contributed by atoms with van der Waals surface area (Å²) in [5, 5.41) is 7.36. The summed E-state index contributed by atoms with van der Waals surface area (Å²) in [4.78, 5) is 22.9. The molecule has 0 unspecified atom stereocenters. The lowest BCUT2D eigenvalue weighted by Gasteiger charge is -2.32. The zero-order valence-electron chi connectivity index (χ0n) is 14.3. The molecule has 2 aromatic heterocycles. The van der Waals surface area contributed by atoms with Crippen molar-refractivity contribution in [2.45, 2.75) is 37.6 Å². The Hall–Kier alpha value is -1.70. The topological polar surface area (TPSA) is 84.2 Å². The van der Waals surface area contributed by atoms with Crippen LogP contribution in [-0.2, 0) is 4.79 Å².